The molecule has 2 amide bonds. The second-order valence-electron chi connectivity index (χ2n) is 10.0. The van der Waals surface area contributed by atoms with Gasteiger partial charge < -0.3 is 25.8 Å². The molecule has 2 aliphatic heterocycles. The van der Waals surface area contributed by atoms with Crippen LogP contribution in [0, 0.1) is 5.92 Å². The number of fused-ring (bicyclic) bond motifs is 1. The van der Waals surface area contributed by atoms with Crippen molar-refractivity contribution in [3.8, 4) is 0 Å². The van der Waals surface area contributed by atoms with Gasteiger partial charge in [-0.15, -0.1) is 11.3 Å². The fraction of sp³-hybridized carbons (Fsp3) is 0.500. The lowest BCUT2D eigenvalue weighted by Gasteiger charge is -2.30. The molecule has 1 atom stereocenters. The van der Waals surface area contributed by atoms with Crippen molar-refractivity contribution in [3.05, 3.63) is 47.6 Å². The number of likely N-dealkylation sites (tertiary alicyclic amines) is 1. The van der Waals surface area contributed by atoms with Crippen LogP contribution in [0.15, 0.2) is 42.0 Å². The maximum Gasteiger partial charge on any atom is 0.313 e. The average molecular weight is 540 g/mol. The Labute approximate surface area is 230 Å². The van der Waals surface area contributed by atoms with Gasteiger partial charge in [0.1, 0.15) is 5.82 Å². The van der Waals surface area contributed by atoms with E-state index in [0.29, 0.717) is 30.5 Å². The minimum atomic E-state index is -0.613. The number of carbonyl (C=O) groups excluding carboxylic acids is 2. The van der Waals surface area contributed by atoms with Crippen LogP contribution < -0.4 is 11.1 Å². The number of amides is 2. The van der Waals surface area contributed by atoms with Gasteiger partial charge >= 0.3 is 11.8 Å². The summed E-state index contributed by atoms with van der Waals surface area (Å²) in [6.45, 7) is 10.3. The maximum atomic E-state index is 12.1. The van der Waals surface area contributed by atoms with Crippen molar-refractivity contribution in [2.75, 3.05) is 64.4 Å². The molecule has 206 valence electrons. The van der Waals surface area contributed by atoms with Crippen molar-refractivity contribution in [1.29, 1.82) is 0 Å². The van der Waals surface area contributed by atoms with Crippen molar-refractivity contribution in [2.45, 2.75) is 33.1 Å². The number of thiazole rings is 1. The maximum absolute atomic E-state index is 12.1. The Morgan fingerprint density at radius 3 is 2.39 bits per heavy atom. The molecule has 2 aliphatic rings. The summed E-state index contributed by atoms with van der Waals surface area (Å²) < 4.78 is 1.26. The summed E-state index contributed by atoms with van der Waals surface area (Å²) >= 11 is 1.68. The summed E-state index contributed by atoms with van der Waals surface area (Å²) in [6, 6.07) is 9.88. The van der Waals surface area contributed by atoms with Crippen LogP contribution in [-0.2, 0) is 16.0 Å². The van der Waals surface area contributed by atoms with E-state index in [1.165, 1.54) is 37.1 Å². The SMILES string of the molecule is CCc1cc(NC(=O)C(=O)N2CCCC(C)C2)cnc1N.CN1CCN(C)CC1.c1ccc2scnc2c1. The molecule has 9 nitrogen and oxygen atoms in total. The number of piperazine rings is 1. The molecule has 10 heteroatoms. The van der Waals surface area contributed by atoms with Gasteiger partial charge in [-0.1, -0.05) is 26.0 Å². The quantitative estimate of drug-likeness (QED) is 0.479. The first-order valence-electron chi connectivity index (χ1n) is 13.3. The van der Waals surface area contributed by atoms with E-state index in [0.717, 1.165) is 30.3 Å². The second-order valence-corrected chi connectivity index (χ2v) is 10.9. The average Bonchev–Trinajstić information content (AvgIpc) is 3.41. The summed E-state index contributed by atoms with van der Waals surface area (Å²) in [5.41, 5.74) is 10.0. The van der Waals surface area contributed by atoms with Gasteiger partial charge in [0.05, 0.1) is 27.6 Å². The zero-order chi connectivity index (χ0) is 27.5. The number of rotatable bonds is 2. The van der Waals surface area contributed by atoms with Gasteiger partial charge in [-0.3, -0.25) is 9.59 Å². The molecule has 3 aromatic rings. The Balaban J connectivity index is 0.000000191. The molecular formula is C28H41N7O2S. The lowest BCUT2D eigenvalue weighted by Crippen LogP contribution is -2.44. The zero-order valence-electron chi connectivity index (χ0n) is 23.0. The first-order chi connectivity index (χ1) is 18.3. The number of aromatic nitrogens is 2. The number of nitrogens with zero attached hydrogens (tertiary/aromatic N) is 5. The number of hydrogen-bond acceptors (Lipinski definition) is 8. The van der Waals surface area contributed by atoms with Gasteiger partial charge in [0, 0.05) is 39.3 Å². The number of hydrogen-bond donors (Lipinski definition) is 2. The van der Waals surface area contributed by atoms with Gasteiger partial charge in [0.15, 0.2) is 0 Å². The Kier molecular flexibility index (Phi) is 11.4. The Hall–Kier alpha value is -3.08. The van der Waals surface area contributed by atoms with E-state index in [1.807, 2.05) is 30.6 Å². The third-order valence-corrected chi connectivity index (χ3v) is 7.55. The molecule has 2 fully saturated rings. The third-order valence-electron chi connectivity index (χ3n) is 6.74. The van der Waals surface area contributed by atoms with Crippen LogP contribution in [0.1, 0.15) is 32.3 Å². The largest absolute Gasteiger partial charge is 0.383 e. The van der Waals surface area contributed by atoms with Crippen LogP contribution in [0.2, 0.25) is 0 Å². The molecule has 4 heterocycles. The van der Waals surface area contributed by atoms with Crippen LogP contribution in [0.4, 0.5) is 11.5 Å². The Morgan fingerprint density at radius 1 is 1.08 bits per heavy atom. The van der Waals surface area contributed by atoms with Crippen molar-refractivity contribution in [3.63, 3.8) is 0 Å². The molecule has 0 aliphatic carbocycles. The number of nitrogens with two attached hydrogens (primary N) is 1. The second kappa shape index (κ2) is 14.8. The molecule has 0 radical (unpaired) electrons. The molecule has 2 aromatic heterocycles. The molecule has 2 saturated heterocycles. The minimum Gasteiger partial charge on any atom is -0.383 e. The number of carbonyl (C=O) groups is 2. The van der Waals surface area contributed by atoms with E-state index in [2.05, 4.69) is 52.2 Å². The van der Waals surface area contributed by atoms with E-state index < -0.39 is 11.8 Å². The van der Waals surface area contributed by atoms with Crippen molar-refractivity contribution in [2.24, 2.45) is 5.92 Å². The highest BCUT2D eigenvalue weighted by Crippen LogP contribution is 2.18. The molecule has 38 heavy (non-hydrogen) atoms. The van der Waals surface area contributed by atoms with Crippen LogP contribution >= 0.6 is 11.3 Å². The van der Waals surface area contributed by atoms with E-state index >= 15 is 0 Å². The number of para-hydroxylation sites is 1. The number of likely N-dealkylation sites (N-methyl/N-ethyl adjacent to an activating group) is 2. The van der Waals surface area contributed by atoms with Gasteiger partial charge in [-0.05, 0) is 63.0 Å². The van der Waals surface area contributed by atoms with Crippen LogP contribution in [-0.4, -0.2) is 89.8 Å². The third kappa shape index (κ3) is 9.04. The number of piperidine rings is 1. The van der Waals surface area contributed by atoms with Gasteiger partial charge in [0.25, 0.3) is 0 Å². The number of pyridine rings is 1. The molecule has 1 unspecified atom stereocenters. The molecular weight excluding hydrogens is 498 g/mol. The normalized spacial score (nSPS) is 18.1. The van der Waals surface area contributed by atoms with Crippen LogP contribution in [0.25, 0.3) is 10.2 Å². The van der Waals surface area contributed by atoms with Gasteiger partial charge in [-0.2, -0.15) is 0 Å². The summed E-state index contributed by atoms with van der Waals surface area (Å²) in [5, 5.41) is 2.61. The van der Waals surface area contributed by atoms with Crippen molar-refractivity contribution >= 4 is 44.9 Å². The molecule has 0 saturated carbocycles. The minimum absolute atomic E-state index is 0.445. The monoisotopic (exact) mass is 539 g/mol. The number of aryl methyl sites for hydroxylation is 1. The molecule has 1 aromatic carbocycles. The predicted octanol–water partition coefficient (Wildman–Crippen LogP) is 3.58. The van der Waals surface area contributed by atoms with Gasteiger partial charge in [0.2, 0.25) is 0 Å². The molecule has 0 bridgehead atoms. The number of nitrogen functional groups attached to an aromatic ring is 1. The molecule has 5 rings (SSSR count). The highest BCUT2D eigenvalue weighted by atomic mass is 32.1. The van der Waals surface area contributed by atoms with Crippen LogP contribution in [0.3, 0.4) is 0 Å². The highest BCUT2D eigenvalue weighted by Gasteiger charge is 2.26. The van der Waals surface area contributed by atoms with E-state index in [-0.39, 0.29) is 0 Å². The highest BCUT2D eigenvalue weighted by molar-refractivity contribution is 7.16. The standard InChI is InChI=1S/C15H22N4O2.C7H5NS.C6H14N2/c1-3-11-7-12(8-17-13(11)16)18-14(20)15(21)19-6-4-5-10(2)9-19;1-2-4-7-6(3-1)8-5-9-7;1-7-3-5-8(2)6-4-7/h7-8,10H,3-6,9H2,1-2H3,(H2,16,17)(H,18,20);1-5H;3-6H2,1-2H3. The van der Waals surface area contributed by atoms with E-state index in [1.54, 1.807) is 22.3 Å². The Bertz CT molecular complexity index is 1140. The fourth-order valence-electron chi connectivity index (χ4n) is 4.28. The number of anilines is 2. The topological polar surface area (TPSA) is 108 Å². The molecule has 0 spiro atoms. The number of benzene rings is 1. The summed E-state index contributed by atoms with van der Waals surface area (Å²) in [5.74, 6) is -0.193. The van der Waals surface area contributed by atoms with Crippen LogP contribution in [0.5, 0.6) is 0 Å². The van der Waals surface area contributed by atoms with Crippen molar-refractivity contribution < 1.29 is 9.59 Å². The fourth-order valence-corrected chi connectivity index (χ4v) is 4.96. The van der Waals surface area contributed by atoms with Crippen molar-refractivity contribution in [1.82, 2.24) is 24.7 Å². The lowest BCUT2D eigenvalue weighted by atomic mass is 10.0. The smallest absolute Gasteiger partial charge is 0.313 e. The Morgan fingerprint density at radius 2 is 1.76 bits per heavy atom. The zero-order valence-corrected chi connectivity index (χ0v) is 23.8. The number of nitrogens with one attached hydrogen (secondary N) is 1. The summed E-state index contributed by atoms with van der Waals surface area (Å²) in [4.78, 5) is 38.7. The summed E-state index contributed by atoms with van der Waals surface area (Å²) in [6.07, 6.45) is 4.25. The van der Waals surface area contributed by atoms with Gasteiger partial charge in [-0.25, -0.2) is 9.97 Å². The first kappa shape index (κ1) is 29.5. The van der Waals surface area contributed by atoms with E-state index in [9.17, 15) is 9.59 Å². The first-order valence-corrected chi connectivity index (χ1v) is 14.1. The predicted molar refractivity (Wildman–Crippen MR) is 156 cm³/mol. The van der Waals surface area contributed by atoms with E-state index in [4.69, 9.17) is 5.73 Å². The molecule has 3 N–H and O–H groups in total. The summed E-state index contributed by atoms with van der Waals surface area (Å²) in [7, 11) is 4.35. The lowest BCUT2D eigenvalue weighted by molar-refractivity contribution is -0.144.